The Morgan fingerprint density at radius 3 is 2.78 bits per heavy atom. The molecule has 94 valence electrons. The van der Waals surface area contributed by atoms with Crippen LogP contribution in [0.15, 0.2) is 28.8 Å². The zero-order chi connectivity index (χ0) is 13.3. The molecule has 0 saturated heterocycles. The molecule has 0 amide bonds. The second-order valence-corrected chi connectivity index (χ2v) is 4.27. The number of nitro benzene ring substituents is 1. The Hall–Kier alpha value is -2.37. The highest BCUT2D eigenvalue weighted by Crippen LogP contribution is 2.33. The summed E-state index contributed by atoms with van der Waals surface area (Å²) in [6.45, 7) is 3.92. The maximum absolute atomic E-state index is 10.7. The van der Waals surface area contributed by atoms with Crippen molar-refractivity contribution in [2.75, 3.05) is 5.73 Å². The van der Waals surface area contributed by atoms with Gasteiger partial charge in [0.05, 0.1) is 4.92 Å². The highest BCUT2D eigenvalue weighted by molar-refractivity contribution is 5.69. The first-order chi connectivity index (χ1) is 8.50. The van der Waals surface area contributed by atoms with Crippen molar-refractivity contribution in [3.63, 3.8) is 0 Å². The molecule has 2 N–H and O–H groups in total. The van der Waals surface area contributed by atoms with Gasteiger partial charge in [-0.15, -0.1) is 0 Å². The molecule has 1 aromatic heterocycles. The minimum absolute atomic E-state index is 0.0174. The van der Waals surface area contributed by atoms with Gasteiger partial charge in [0.1, 0.15) is 5.69 Å². The number of non-ortho nitro benzene ring substituents is 1. The van der Waals surface area contributed by atoms with Crippen LogP contribution >= 0.6 is 0 Å². The molecule has 2 rings (SSSR count). The van der Waals surface area contributed by atoms with E-state index in [9.17, 15) is 10.1 Å². The average Bonchev–Trinajstić information content (AvgIpc) is 2.71. The Kier molecular flexibility index (Phi) is 3.01. The van der Waals surface area contributed by atoms with E-state index in [1.807, 2.05) is 13.8 Å². The molecule has 1 aromatic carbocycles. The van der Waals surface area contributed by atoms with Crippen LogP contribution in [0.4, 0.5) is 11.6 Å². The molecule has 0 saturated carbocycles. The summed E-state index contributed by atoms with van der Waals surface area (Å²) >= 11 is 0. The monoisotopic (exact) mass is 247 g/mol. The first-order valence-electron chi connectivity index (χ1n) is 5.50. The van der Waals surface area contributed by atoms with Gasteiger partial charge in [-0.05, 0) is 5.92 Å². The molecule has 6 nitrogen and oxygen atoms in total. The van der Waals surface area contributed by atoms with Crippen molar-refractivity contribution < 1.29 is 9.45 Å². The third-order valence-corrected chi connectivity index (χ3v) is 2.66. The quantitative estimate of drug-likeness (QED) is 0.664. The Morgan fingerprint density at radius 2 is 2.17 bits per heavy atom. The predicted molar refractivity (Wildman–Crippen MR) is 67.1 cm³/mol. The number of hydrogen-bond donors (Lipinski definition) is 1. The van der Waals surface area contributed by atoms with E-state index >= 15 is 0 Å². The summed E-state index contributed by atoms with van der Waals surface area (Å²) in [5, 5.41) is 14.6. The lowest BCUT2D eigenvalue weighted by molar-refractivity contribution is -0.384. The summed E-state index contributed by atoms with van der Waals surface area (Å²) in [6, 6.07) is 6.25. The topological polar surface area (TPSA) is 95.2 Å². The summed E-state index contributed by atoms with van der Waals surface area (Å²) in [4.78, 5) is 10.3. The van der Waals surface area contributed by atoms with Crippen LogP contribution in [0.3, 0.4) is 0 Å². The molecule has 0 unspecified atom stereocenters. The van der Waals surface area contributed by atoms with E-state index in [1.54, 1.807) is 12.1 Å². The van der Waals surface area contributed by atoms with Crippen molar-refractivity contribution in [2.24, 2.45) is 0 Å². The van der Waals surface area contributed by atoms with Crippen molar-refractivity contribution in [1.29, 1.82) is 0 Å². The van der Waals surface area contributed by atoms with E-state index in [0.717, 1.165) is 5.56 Å². The fourth-order valence-electron chi connectivity index (χ4n) is 1.84. The number of benzene rings is 1. The fraction of sp³-hybridized carbons (Fsp3) is 0.250. The molecule has 0 fully saturated rings. The molecule has 0 aliphatic heterocycles. The lowest BCUT2D eigenvalue weighted by atomic mass is 9.98. The first kappa shape index (κ1) is 12.1. The van der Waals surface area contributed by atoms with Gasteiger partial charge >= 0.3 is 0 Å². The number of anilines is 1. The lowest BCUT2D eigenvalue weighted by Crippen LogP contribution is -1.95. The van der Waals surface area contributed by atoms with E-state index < -0.39 is 4.92 Å². The van der Waals surface area contributed by atoms with Crippen LogP contribution in [-0.2, 0) is 0 Å². The number of hydrogen-bond acceptors (Lipinski definition) is 5. The van der Waals surface area contributed by atoms with Gasteiger partial charge in [-0.1, -0.05) is 31.1 Å². The Labute approximate surface area is 104 Å². The highest BCUT2D eigenvalue weighted by Gasteiger charge is 2.19. The van der Waals surface area contributed by atoms with E-state index in [-0.39, 0.29) is 17.5 Å². The Bertz CT molecular complexity index is 590. The molecule has 0 bridgehead atoms. The van der Waals surface area contributed by atoms with Gasteiger partial charge < -0.3 is 10.3 Å². The van der Waals surface area contributed by atoms with Gasteiger partial charge in [0.15, 0.2) is 0 Å². The number of nitro groups is 1. The second kappa shape index (κ2) is 4.48. The lowest BCUT2D eigenvalue weighted by Gasteiger charge is -2.05. The predicted octanol–water partition coefficient (Wildman–Crippen LogP) is 2.96. The molecule has 0 radical (unpaired) electrons. The van der Waals surface area contributed by atoms with Crippen LogP contribution in [0.1, 0.15) is 25.3 Å². The van der Waals surface area contributed by atoms with Crippen molar-refractivity contribution in [3.8, 4) is 11.3 Å². The fourth-order valence-corrected chi connectivity index (χ4v) is 1.84. The van der Waals surface area contributed by atoms with Crippen molar-refractivity contribution in [3.05, 3.63) is 39.9 Å². The van der Waals surface area contributed by atoms with Gasteiger partial charge in [0, 0.05) is 23.3 Å². The third kappa shape index (κ3) is 2.04. The van der Waals surface area contributed by atoms with E-state index in [0.29, 0.717) is 11.3 Å². The van der Waals surface area contributed by atoms with Crippen LogP contribution in [0.5, 0.6) is 0 Å². The molecule has 6 heteroatoms. The molecule has 0 aliphatic rings. The molecule has 18 heavy (non-hydrogen) atoms. The zero-order valence-corrected chi connectivity index (χ0v) is 10.1. The maximum atomic E-state index is 10.7. The summed E-state index contributed by atoms with van der Waals surface area (Å²) < 4.78 is 4.97. The summed E-state index contributed by atoms with van der Waals surface area (Å²) in [5.74, 6) is 0.386. The number of nitrogens with two attached hydrogens (primary N) is 1. The van der Waals surface area contributed by atoms with Crippen molar-refractivity contribution >= 4 is 11.6 Å². The summed E-state index contributed by atoms with van der Waals surface area (Å²) in [6.07, 6.45) is 0. The molecule has 0 aliphatic carbocycles. The number of rotatable bonds is 3. The molecular formula is C12H13N3O3. The minimum Gasteiger partial charge on any atom is -0.367 e. The minimum atomic E-state index is -0.442. The van der Waals surface area contributed by atoms with Gasteiger partial charge in [-0.25, -0.2) is 0 Å². The van der Waals surface area contributed by atoms with Crippen LogP contribution in [-0.4, -0.2) is 10.1 Å². The van der Waals surface area contributed by atoms with Gasteiger partial charge in [-0.3, -0.25) is 10.1 Å². The van der Waals surface area contributed by atoms with Gasteiger partial charge in [-0.2, -0.15) is 0 Å². The van der Waals surface area contributed by atoms with Gasteiger partial charge in [0.25, 0.3) is 5.69 Å². The third-order valence-electron chi connectivity index (χ3n) is 2.66. The van der Waals surface area contributed by atoms with Crippen LogP contribution in [0, 0.1) is 10.1 Å². The summed E-state index contributed by atoms with van der Waals surface area (Å²) in [7, 11) is 0. The molecule has 0 atom stereocenters. The van der Waals surface area contributed by atoms with Crippen LogP contribution < -0.4 is 5.73 Å². The van der Waals surface area contributed by atoms with Crippen LogP contribution in [0.25, 0.3) is 11.3 Å². The molecule has 2 aromatic rings. The number of nitrogen functional groups attached to an aromatic ring is 1. The SMILES string of the molecule is CC(C)c1c(-c2cccc([N+](=O)[O-])c2)noc1N. The zero-order valence-electron chi connectivity index (χ0n) is 10.1. The van der Waals surface area contributed by atoms with Crippen LogP contribution in [0.2, 0.25) is 0 Å². The van der Waals surface area contributed by atoms with Crippen molar-refractivity contribution in [2.45, 2.75) is 19.8 Å². The van der Waals surface area contributed by atoms with E-state index in [4.69, 9.17) is 10.3 Å². The maximum Gasteiger partial charge on any atom is 0.270 e. The highest BCUT2D eigenvalue weighted by atomic mass is 16.6. The Morgan fingerprint density at radius 1 is 1.44 bits per heavy atom. The molecule has 1 heterocycles. The number of aromatic nitrogens is 1. The number of nitrogens with zero attached hydrogens (tertiary/aromatic N) is 2. The van der Waals surface area contributed by atoms with Gasteiger partial charge in [0.2, 0.25) is 5.88 Å². The van der Waals surface area contributed by atoms with E-state index in [2.05, 4.69) is 5.16 Å². The first-order valence-corrected chi connectivity index (χ1v) is 5.50. The standard InChI is InChI=1S/C12H13N3O3/c1-7(2)10-11(14-18-12(10)13)8-4-3-5-9(6-8)15(16)17/h3-7H,13H2,1-2H3. The van der Waals surface area contributed by atoms with Crippen molar-refractivity contribution in [1.82, 2.24) is 5.16 Å². The Balaban J connectivity index is 2.55. The average molecular weight is 247 g/mol. The smallest absolute Gasteiger partial charge is 0.270 e. The summed E-state index contributed by atoms with van der Waals surface area (Å²) in [5.41, 5.74) is 7.70. The normalized spacial score (nSPS) is 10.8. The molecular weight excluding hydrogens is 234 g/mol. The molecule has 0 spiro atoms. The second-order valence-electron chi connectivity index (χ2n) is 4.27. The largest absolute Gasteiger partial charge is 0.367 e. The van der Waals surface area contributed by atoms with E-state index in [1.165, 1.54) is 12.1 Å².